The molecule has 0 heterocycles. The lowest BCUT2D eigenvalue weighted by molar-refractivity contribution is 0.0474. The average molecular weight is 480 g/mol. The Bertz CT molecular complexity index is 615. The quantitative estimate of drug-likeness (QED) is 0.343. The number of rotatable bonds is 5. The molecule has 1 aromatic rings. The van der Waals surface area contributed by atoms with E-state index in [1.807, 2.05) is 40.7 Å². The molecule has 0 aliphatic rings. The third-order valence-corrected chi connectivity index (χ3v) is 3.11. The molecule has 0 bridgehead atoms. The van der Waals surface area contributed by atoms with E-state index in [4.69, 9.17) is 4.74 Å². The summed E-state index contributed by atoms with van der Waals surface area (Å²) in [5.41, 5.74) is -0.274. The standard InChI is InChI=1S/C18H29FN4O2.HI/c1-17(2,3)25-16(24)23-18(4,5)12-22-15(20-6)21-11-13-8-7-9-14(19)10-13;/h7-10H,11-12H2,1-6H3,(H,23,24)(H2,20,21,22);1H. The summed E-state index contributed by atoms with van der Waals surface area (Å²) >= 11 is 0. The molecule has 6 nitrogen and oxygen atoms in total. The Balaban J connectivity index is 0.00000625. The van der Waals surface area contributed by atoms with E-state index in [9.17, 15) is 9.18 Å². The monoisotopic (exact) mass is 480 g/mol. The highest BCUT2D eigenvalue weighted by Crippen LogP contribution is 2.09. The van der Waals surface area contributed by atoms with Gasteiger partial charge in [0.2, 0.25) is 0 Å². The first-order valence-corrected chi connectivity index (χ1v) is 8.21. The molecular weight excluding hydrogens is 450 g/mol. The van der Waals surface area contributed by atoms with Gasteiger partial charge in [0.15, 0.2) is 5.96 Å². The van der Waals surface area contributed by atoms with E-state index >= 15 is 0 Å². The van der Waals surface area contributed by atoms with E-state index < -0.39 is 17.2 Å². The van der Waals surface area contributed by atoms with Gasteiger partial charge in [-0.25, -0.2) is 9.18 Å². The lowest BCUT2D eigenvalue weighted by Crippen LogP contribution is -2.54. The number of nitrogens with zero attached hydrogens (tertiary/aromatic N) is 1. The van der Waals surface area contributed by atoms with Crippen LogP contribution in [0.1, 0.15) is 40.2 Å². The SMILES string of the molecule is CN=C(NCc1cccc(F)c1)NCC(C)(C)NC(=O)OC(C)(C)C.I. The largest absolute Gasteiger partial charge is 0.444 e. The topological polar surface area (TPSA) is 74.8 Å². The first-order valence-electron chi connectivity index (χ1n) is 8.21. The number of carbonyl (C=O) groups is 1. The zero-order valence-corrected chi connectivity index (χ0v) is 18.6. The summed E-state index contributed by atoms with van der Waals surface area (Å²) in [6.07, 6.45) is -0.470. The van der Waals surface area contributed by atoms with E-state index in [2.05, 4.69) is 20.9 Å². The van der Waals surface area contributed by atoms with Crippen LogP contribution in [-0.2, 0) is 11.3 Å². The van der Waals surface area contributed by atoms with Crippen LogP contribution in [0, 0.1) is 5.82 Å². The fourth-order valence-corrected chi connectivity index (χ4v) is 1.98. The Morgan fingerprint density at radius 1 is 1.19 bits per heavy atom. The molecule has 0 spiro atoms. The van der Waals surface area contributed by atoms with Crippen LogP contribution in [0.4, 0.5) is 9.18 Å². The van der Waals surface area contributed by atoms with Crippen LogP contribution in [0.3, 0.4) is 0 Å². The van der Waals surface area contributed by atoms with Gasteiger partial charge in [-0.2, -0.15) is 0 Å². The maximum absolute atomic E-state index is 13.2. The molecule has 0 aliphatic heterocycles. The van der Waals surface area contributed by atoms with Gasteiger partial charge in [0.05, 0.1) is 5.54 Å². The smallest absolute Gasteiger partial charge is 0.408 e. The first-order chi connectivity index (χ1) is 11.5. The van der Waals surface area contributed by atoms with Gasteiger partial charge < -0.3 is 20.7 Å². The predicted molar refractivity (Wildman–Crippen MR) is 113 cm³/mol. The summed E-state index contributed by atoms with van der Waals surface area (Å²) in [7, 11) is 1.65. The number of nitrogens with one attached hydrogen (secondary N) is 3. The van der Waals surface area contributed by atoms with Crippen LogP contribution >= 0.6 is 24.0 Å². The molecule has 1 amide bonds. The molecule has 1 aromatic carbocycles. The van der Waals surface area contributed by atoms with Crippen LogP contribution in [0.25, 0.3) is 0 Å². The summed E-state index contributed by atoms with van der Waals surface area (Å²) in [6, 6.07) is 6.36. The fraction of sp³-hybridized carbons (Fsp3) is 0.556. The predicted octanol–water partition coefficient (Wildman–Crippen LogP) is 3.41. The van der Waals surface area contributed by atoms with Crippen LogP contribution in [0.2, 0.25) is 0 Å². The minimum Gasteiger partial charge on any atom is -0.444 e. The molecule has 0 unspecified atom stereocenters. The Labute approximate surface area is 172 Å². The summed E-state index contributed by atoms with van der Waals surface area (Å²) in [6.45, 7) is 10.1. The third kappa shape index (κ3) is 10.4. The Hall–Kier alpha value is -1.58. The first kappa shape index (κ1) is 24.4. The molecule has 0 fully saturated rings. The Morgan fingerprint density at radius 2 is 1.85 bits per heavy atom. The van der Waals surface area contributed by atoms with Crippen molar-refractivity contribution in [2.45, 2.75) is 52.3 Å². The molecule has 0 aliphatic carbocycles. The number of aliphatic imine (C=N–C) groups is 1. The molecule has 3 N–H and O–H groups in total. The third-order valence-electron chi connectivity index (χ3n) is 3.11. The number of guanidine groups is 1. The van der Waals surface area contributed by atoms with Gasteiger partial charge in [-0.15, -0.1) is 24.0 Å². The van der Waals surface area contributed by atoms with Crippen LogP contribution in [-0.4, -0.2) is 36.8 Å². The Morgan fingerprint density at radius 3 is 2.38 bits per heavy atom. The molecule has 0 atom stereocenters. The minimum absolute atomic E-state index is 0. The van der Waals surface area contributed by atoms with E-state index in [1.165, 1.54) is 12.1 Å². The number of amides is 1. The summed E-state index contributed by atoms with van der Waals surface area (Å²) in [5.74, 6) is 0.285. The van der Waals surface area contributed by atoms with Crippen molar-refractivity contribution in [1.82, 2.24) is 16.0 Å². The van der Waals surface area contributed by atoms with Gasteiger partial charge in [0, 0.05) is 20.1 Å². The van der Waals surface area contributed by atoms with E-state index in [1.54, 1.807) is 13.1 Å². The van der Waals surface area contributed by atoms with E-state index in [-0.39, 0.29) is 29.8 Å². The summed E-state index contributed by atoms with van der Waals surface area (Å²) in [5, 5.41) is 9.06. The van der Waals surface area contributed by atoms with Crippen molar-refractivity contribution in [3.63, 3.8) is 0 Å². The zero-order chi connectivity index (χ0) is 19.1. The van der Waals surface area contributed by atoms with Gasteiger partial charge in [0.25, 0.3) is 0 Å². The Kier molecular flexibility index (Phi) is 9.90. The van der Waals surface area contributed by atoms with Crippen molar-refractivity contribution >= 4 is 36.0 Å². The highest BCUT2D eigenvalue weighted by Gasteiger charge is 2.24. The normalized spacial score (nSPS) is 12.0. The molecule has 8 heteroatoms. The number of halogens is 2. The molecule has 148 valence electrons. The van der Waals surface area contributed by atoms with Gasteiger partial charge in [-0.1, -0.05) is 12.1 Å². The minimum atomic E-state index is -0.545. The average Bonchev–Trinajstić information content (AvgIpc) is 2.44. The van der Waals surface area contributed by atoms with Gasteiger partial charge in [-0.05, 0) is 52.3 Å². The second-order valence-electron chi connectivity index (χ2n) is 7.42. The lowest BCUT2D eigenvalue weighted by atomic mass is 10.1. The van der Waals surface area contributed by atoms with Crippen LogP contribution in [0.5, 0.6) is 0 Å². The lowest BCUT2D eigenvalue weighted by Gasteiger charge is -2.29. The molecule has 0 saturated carbocycles. The zero-order valence-electron chi connectivity index (χ0n) is 16.3. The number of hydrogen-bond acceptors (Lipinski definition) is 3. The molecular formula is C18H30FIN4O2. The summed E-state index contributed by atoms with van der Waals surface area (Å²) in [4.78, 5) is 16.0. The number of benzene rings is 1. The van der Waals surface area contributed by atoms with Crippen LogP contribution in [0.15, 0.2) is 29.3 Å². The molecule has 0 aromatic heterocycles. The number of alkyl carbamates (subject to hydrolysis) is 1. The fourth-order valence-electron chi connectivity index (χ4n) is 1.98. The second kappa shape index (κ2) is 10.5. The highest BCUT2D eigenvalue weighted by atomic mass is 127. The second-order valence-corrected chi connectivity index (χ2v) is 7.42. The molecule has 0 saturated heterocycles. The van der Waals surface area contributed by atoms with Crippen molar-refractivity contribution in [1.29, 1.82) is 0 Å². The summed E-state index contributed by atoms with van der Waals surface area (Å²) < 4.78 is 18.5. The maximum Gasteiger partial charge on any atom is 0.408 e. The molecule has 0 radical (unpaired) electrons. The maximum atomic E-state index is 13.2. The molecule has 1 rings (SSSR count). The van der Waals surface area contributed by atoms with Crippen molar-refractivity contribution in [3.8, 4) is 0 Å². The number of ether oxygens (including phenoxy) is 1. The van der Waals surface area contributed by atoms with Crippen molar-refractivity contribution < 1.29 is 13.9 Å². The van der Waals surface area contributed by atoms with Crippen molar-refractivity contribution in [2.75, 3.05) is 13.6 Å². The highest BCUT2D eigenvalue weighted by molar-refractivity contribution is 14.0. The van der Waals surface area contributed by atoms with Gasteiger partial charge in [0.1, 0.15) is 11.4 Å². The number of hydrogen-bond donors (Lipinski definition) is 3. The van der Waals surface area contributed by atoms with E-state index in [0.717, 1.165) is 5.56 Å². The van der Waals surface area contributed by atoms with Crippen LogP contribution < -0.4 is 16.0 Å². The van der Waals surface area contributed by atoms with Crippen molar-refractivity contribution in [3.05, 3.63) is 35.6 Å². The van der Waals surface area contributed by atoms with Crippen molar-refractivity contribution in [2.24, 2.45) is 4.99 Å². The van der Waals surface area contributed by atoms with E-state index in [0.29, 0.717) is 19.0 Å². The molecule has 26 heavy (non-hydrogen) atoms. The number of carbonyl (C=O) groups excluding carboxylic acids is 1. The van der Waals surface area contributed by atoms with Gasteiger partial charge >= 0.3 is 6.09 Å². The van der Waals surface area contributed by atoms with Gasteiger partial charge in [-0.3, -0.25) is 4.99 Å².